The third-order valence-electron chi connectivity index (χ3n) is 5.07. The zero-order valence-electron chi connectivity index (χ0n) is 15.6. The maximum Gasteiger partial charge on any atom is 0.255 e. The van der Waals surface area contributed by atoms with Gasteiger partial charge in [-0.3, -0.25) is 14.4 Å². The lowest BCUT2D eigenvalue weighted by Gasteiger charge is -2.16. The van der Waals surface area contributed by atoms with Gasteiger partial charge in [-0.15, -0.1) is 0 Å². The van der Waals surface area contributed by atoms with Crippen molar-refractivity contribution < 1.29 is 14.4 Å². The van der Waals surface area contributed by atoms with Crippen molar-refractivity contribution >= 4 is 29.1 Å². The number of benzene rings is 2. The fourth-order valence-electron chi connectivity index (χ4n) is 3.37. The number of nitrogens with one attached hydrogen (secondary N) is 2. The highest BCUT2D eigenvalue weighted by atomic mass is 16.2. The summed E-state index contributed by atoms with van der Waals surface area (Å²) in [7, 11) is 0. The molecule has 6 nitrogen and oxygen atoms in total. The first-order valence-corrected chi connectivity index (χ1v) is 9.67. The lowest BCUT2D eigenvalue weighted by molar-refractivity contribution is -0.128. The molecule has 2 aromatic rings. The molecule has 1 saturated heterocycles. The molecule has 2 aromatic carbocycles. The van der Waals surface area contributed by atoms with E-state index < -0.39 is 0 Å². The van der Waals surface area contributed by atoms with Crippen molar-refractivity contribution in [3.8, 4) is 0 Å². The molecule has 1 saturated carbocycles. The van der Waals surface area contributed by atoms with E-state index in [1.165, 1.54) is 0 Å². The van der Waals surface area contributed by atoms with Crippen LogP contribution in [0, 0.1) is 5.92 Å². The normalized spacial score (nSPS) is 16.1. The van der Waals surface area contributed by atoms with Crippen LogP contribution in [0.2, 0.25) is 0 Å². The molecule has 1 heterocycles. The Morgan fingerprint density at radius 1 is 1.00 bits per heavy atom. The Hall–Kier alpha value is -3.15. The molecule has 6 heteroatoms. The molecule has 0 bridgehead atoms. The molecule has 1 aliphatic heterocycles. The van der Waals surface area contributed by atoms with Gasteiger partial charge in [0.25, 0.3) is 5.91 Å². The molecule has 2 aliphatic rings. The molecule has 1 aliphatic carbocycles. The predicted octanol–water partition coefficient (Wildman–Crippen LogP) is 3.41. The van der Waals surface area contributed by atoms with Crippen LogP contribution in [0.25, 0.3) is 0 Å². The first kappa shape index (κ1) is 18.2. The SMILES string of the molecule is O=C(Nc1cccc(CN2CCCC2=O)c1)c1cccc(NC(=O)C2CC2)c1. The van der Waals surface area contributed by atoms with Crippen molar-refractivity contribution in [3.05, 3.63) is 59.7 Å². The van der Waals surface area contributed by atoms with Crippen molar-refractivity contribution in [1.82, 2.24) is 4.90 Å². The van der Waals surface area contributed by atoms with Crippen LogP contribution in [0.4, 0.5) is 11.4 Å². The van der Waals surface area contributed by atoms with E-state index in [0.717, 1.165) is 31.4 Å². The number of amides is 3. The lowest BCUT2D eigenvalue weighted by Crippen LogP contribution is -2.23. The van der Waals surface area contributed by atoms with Gasteiger partial charge in [0.15, 0.2) is 0 Å². The zero-order valence-corrected chi connectivity index (χ0v) is 15.6. The van der Waals surface area contributed by atoms with E-state index in [4.69, 9.17) is 0 Å². The predicted molar refractivity (Wildman–Crippen MR) is 107 cm³/mol. The fourth-order valence-corrected chi connectivity index (χ4v) is 3.37. The Bertz CT molecular complexity index is 921. The summed E-state index contributed by atoms with van der Waals surface area (Å²) < 4.78 is 0. The summed E-state index contributed by atoms with van der Waals surface area (Å²) >= 11 is 0. The molecule has 3 amide bonds. The summed E-state index contributed by atoms with van der Waals surface area (Å²) in [6.45, 7) is 1.35. The van der Waals surface area contributed by atoms with Crippen molar-refractivity contribution in [2.45, 2.75) is 32.2 Å². The van der Waals surface area contributed by atoms with E-state index in [-0.39, 0.29) is 23.6 Å². The van der Waals surface area contributed by atoms with Crippen LogP contribution in [-0.4, -0.2) is 29.2 Å². The molecular formula is C22H23N3O3. The number of carbonyl (C=O) groups is 3. The number of carbonyl (C=O) groups excluding carboxylic acids is 3. The summed E-state index contributed by atoms with van der Waals surface area (Å²) in [5.41, 5.74) is 2.78. The van der Waals surface area contributed by atoms with Crippen molar-refractivity contribution in [3.63, 3.8) is 0 Å². The third-order valence-corrected chi connectivity index (χ3v) is 5.07. The molecule has 4 rings (SSSR count). The molecule has 0 unspecified atom stereocenters. The van der Waals surface area contributed by atoms with Crippen LogP contribution in [0.15, 0.2) is 48.5 Å². The number of hydrogen-bond acceptors (Lipinski definition) is 3. The Morgan fingerprint density at radius 2 is 1.75 bits per heavy atom. The maximum atomic E-state index is 12.6. The first-order chi connectivity index (χ1) is 13.6. The highest BCUT2D eigenvalue weighted by molar-refractivity contribution is 6.05. The average Bonchev–Trinajstić information content (AvgIpc) is 3.46. The van der Waals surface area contributed by atoms with Crippen molar-refractivity contribution in [1.29, 1.82) is 0 Å². The van der Waals surface area contributed by atoms with E-state index >= 15 is 0 Å². The van der Waals surface area contributed by atoms with Gasteiger partial charge < -0.3 is 15.5 Å². The van der Waals surface area contributed by atoms with Gasteiger partial charge in [-0.2, -0.15) is 0 Å². The van der Waals surface area contributed by atoms with Gasteiger partial charge in [-0.1, -0.05) is 18.2 Å². The fraction of sp³-hybridized carbons (Fsp3) is 0.318. The molecular weight excluding hydrogens is 354 g/mol. The number of rotatable bonds is 6. The summed E-state index contributed by atoms with van der Waals surface area (Å²) in [5, 5.41) is 5.76. The van der Waals surface area contributed by atoms with Gasteiger partial charge in [-0.05, 0) is 55.2 Å². The second-order valence-electron chi connectivity index (χ2n) is 7.42. The van der Waals surface area contributed by atoms with Gasteiger partial charge in [0.1, 0.15) is 0 Å². The highest BCUT2D eigenvalue weighted by Crippen LogP contribution is 2.30. The zero-order chi connectivity index (χ0) is 19.5. The first-order valence-electron chi connectivity index (χ1n) is 9.67. The second-order valence-corrected chi connectivity index (χ2v) is 7.42. The van der Waals surface area contributed by atoms with Crippen molar-refractivity contribution in [2.24, 2.45) is 5.92 Å². The van der Waals surface area contributed by atoms with Gasteiger partial charge in [-0.25, -0.2) is 0 Å². The van der Waals surface area contributed by atoms with E-state index in [2.05, 4.69) is 10.6 Å². The molecule has 0 atom stereocenters. The summed E-state index contributed by atoms with van der Waals surface area (Å²) in [4.78, 5) is 38.2. The third kappa shape index (κ3) is 4.39. The van der Waals surface area contributed by atoms with Crippen LogP contribution >= 0.6 is 0 Å². The summed E-state index contributed by atoms with van der Waals surface area (Å²) in [5.74, 6) is 0.0702. The van der Waals surface area contributed by atoms with E-state index in [0.29, 0.717) is 29.9 Å². The smallest absolute Gasteiger partial charge is 0.255 e. The monoisotopic (exact) mass is 377 g/mol. The van der Waals surface area contributed by atoms with Crippen LogP contribution in [-0.2, 0) is 16.1 Å². The van der Waals surface area contributed by atoms with Crippen molar-refractivity contribution in [2.75, 3.05) is 17.2 Å². The molecule has 28 heavy (non-hydrogen) atoms. The molecule has 0 radical (unpaired) electrons. The van der Waals surface area contributed by atoms with E-state index in [9.17, 15) is 14.4 Å². The Morgan fingerprint density at radius 3 is 2.46 bits per heavy atom. The van der Waals surface area contributed by atoms with Gasteiger partial charge in [0, 0.05) is 42.4 Å². The number of likely N-dealkylation sites (tertiary alicyclic amines) is 1. The van der Waals surface area contributed by atoms with Crippen LogP contribution in [0.1, 0.15) is 41.6 Å². The number of nitrogens with zero attached hydrogens (tertiary/aromatic N) is 1. The largest absolute Gasteiger partial charge is 0.338 e. The maximum absolute atomic E-state index is 12.6. The summed E-state index contributed by atoms with van der Waals surface area (Å²) in [6, 6.07) is 14.5. The molecule has 0 spiro atoms. The number of anilines is 2. The minimum Gasteiger partial charge on any atom is -0.338 e. The Balaban J connectivity index is 1.41. The van der Waals surface area contributed by atoms with Crippen LogP contribution in [0.5, 0.6) is 0 Å². The Kier molecular flexibility index (Phi) is 5.10. The van der Waals surface area contributed by atoms with Crippen LogP contribution in [0.3, 0.4) is 0 Å². The molecule has 144 valence electrons. The standard InChI is InChI=1S/C22H23N3O3/c26-20-8-3-11-25(20)14-15-4-1-6-18(12-15)23-22(28)17-5-2-7-19(13-17)24-21(27)16-9-10-16/h1-2,4-7,12-13,16H,3,8-11,14H2,(H,23,28)(H,24,27). The molecule has 0 aromatic heterocycles. The van der Waals surface area contributed by atoms with Gasteiger partial charge in [0.2, 0.25) is 11.8 Å². The summed E-state index contributed by atoms with van der Waals surface area (Å²) in [6.07, 6.45) is 3.39. The minimum absolute atomic E-state index is 0.0155. The highest BCUT2D eigenvalue weighted by Gasteiger charge is 2.29. The Labute approximate surface area is 163 Å². The second kappa shape index (κ2) is 7.84. The van der Waals surface area contributed by atoms with E-state index in [1.807, 2.05) is 29.2 Å². The molecule has 2 fully saturated rings. The van der Waals surface area contributed by atoms with Gasteiger partial charge >= 0.3 is 0 Å². The quantitative estimate of drug-likeness (QED) is 0.810. The minimum atomic E-state index is -0.239. The topological polar surface area (TPSA) is 78.5 Å². The average molecular weight is 377 g/mol. The molecule has 2 N–H and O–H groups in total. The van der Waals surface area contributed by atoms with Crippen LogP contribution < -0.4 is 10.6 Å². The van der Waals surface area contributed by atoms with E-state index in [1.54, 1.807) is 24.3 Å². The number of hydrogen-bond donors (Lipinski definition) is 2. The van der Waals surface area contributed by atoms with Gasteiger partial charge in [0.05, 0.1) is 0 Å². The lowest BCUT2D eigenvalue weighted by atomic mass is 10.1.